The van der Waals surface area contributed by atoms with E-state index in [0.29, 0.717) is 19.4 Å². The number of esters is 1. The molecule has 2 unspecified atom stereocenters. The first-order valence-electron chi connectivity index (χ1n) is 38.3. The van der Waals surface area contributed by atoms with Crippen molar-refractivity contribution in [3.8, 4) is 0 Å². The molecule has 0 aliphatic rings. The molecule has 0 spiro atoms. The summed E-state index contributed by atoms with van der Waals surface area (Å²) in [7, 11) is 0. The molecular formula is C78H149NO5. The Morgan fingerprint density at radius 2 is 0.595 bits per heavy atom. The van der Waals surface area contributed by atoms with E-state index >= 15 is 0 Å². The molecule has 0 aliphatic heterocycles. The number of aliphatic hydroxyl groups is 2. The van der Waals surface area contributed by atoms with Crippen molar-refractivity contribution in [1.82, 2.24) is 5.32 Å². The number of allylic oxidation sites excluding steroid dienone is 5. The fourth-order valence-electron chi connectivity index (χ4n) is 12.1. The van der Waals surface area contributed by atoms with Crippen LogP contribution in [0.25, 0.3) is 0 Å². The molecular weight excluding hydrogens is 1030 g/mol. The van der Waals surface area contributed by atoms with Crippen LogP contribution in [0.5, 0.6) is 0 Å². The van der Waals surface area contributed by atoms with Crippen molar-refractivity contribution in [3.63, 3.8) is 0 Å². The van der Waals surface area contributed by atoms with E-state index < -0.39 is 12.1 Å². The second-order valence-corrected chi connectivity index (χ2v) is 26.3. The number of ether oxygens (including phenoxy) is 1. The predicted octanol–water partition coefficient (Wildman–Crippen LogP) is 25.0. The molecule has 6 nitrogen and oxygen atoms in total. The summed E-state index contributed by atoms with van der Waals surface area (Å²) in [6.45, 7) is 4.95. The summed E-state index contributed by atoms with van der Waals surface area (Å²) < 4.78 is 5.51. The van der Waals surface area contributed by atoms with Gasteiger partial charge in [-0.25, -0.2) is 0 Å². The highest BCUT2D eigenvalue weighted by Crippen LogP contribution is 2.19. The zero-order valence-corrected chi connectivity index (χ0v) is 56.9. The number of carbonyl (C=O) groups is 2. The fraction of sp³-hybridized carbons (Fsp3) is 0.897. The average Bonchev–Trinajstić information content (AvgIpc) is 3.52. The van der Waals surface area contributed by atoms with Crippen LogP contribution in [0.4, 0.5) is 0 Å². The Bertz CT molecular complexity index is 1360. The zero-order chi connectivity index (χ0) is 60.6. The Labute approximate surface area is 525 Å². The third kappa shape index (κ3) is 69.2. The Morgan fingerprint density at radius 1 is 0.333 bits per heavy atom. The van der Waals surface area contributed by atoms with Gasteiger partial charge >= 0.3 is 5.97 Å². The lowest BCUT2D eigenvalue weighted by atomic mass is 10.0. The van der Waals surface area contributed by atoms with Gasteiger partial charge in [0.1, 0.15) is 0 Å². The van der Waals surface area contributed by atoms with Crippen LogP contribution in [0, 0.1) is 0 Å². The van der Waals surface area contributed by atoms with Crippen LogP contribution in [0.15, 0.2) is 36.5 Å². The van der Waals surface area contributed by atoms with Crippen molar-refractivity contribution in [3.05, 3.63) is 36.5 Å². The van der Waals surface area contributed by atoms with Crippen LogP contribution in [-0.4, -0.2) is 47.4 Å². The summed E-state index contributed by atoms with van der Waals surface area (Å²) >= 11 is 0. The molecule has 0 saturated carbocycles. The molecule has 496 valence electrons. The number of nitrogens with one attached hydrogen (secondary N) is 1. The number of rotatable bonds is 72. The molecule has 0 radical (unpaired) electrons. The van der Waals surface area contributed by atoms with Crippen LogP contribution in [-0.2, 0) is 14.3 Å². The summed E-state index contributed by atoms with van der Waals surface area (Å²) in [5, 5.41) is 23.2. The molecule has 0 aromatic rings. The largest absolute Gasteiger partial charge is 0.466 e. The third-order valence-electron chi connectivity index (χ3n) is 17.9. The summed E-state index contributed by atoms with van der Waals surface area (Å²) in [5.41, 5.74) is 0. The quantitative estimate of drug-likeness (QED) is 0.0320. The van der Waals surface area contributed by atoms with Gasteiger partial charge in [-0.1, -0.05) is 384 Å². The number of amides is 1. The molecule has 0 aromatic carbocycles. The number of carbonyl (C=O) groups excluding carboxylic acids is 2. The van der Waals surface area contributed by atoms with Gasteiger partial charge < -0.3 is 20.3 Å². The van der Waals surface area contributed by atoms with Gasteiger partial charge in [0.2, 0.25) is 5.91 Å². The Hall–Kier alpha value is -1.92. The molecule has 0 bridgehead atoms. The summed E-state index contributed by atoms with van der Waals surface area (Å²) in [6, 6.07) is -0.628. The molecule has 0 aromatic heterocycles. The minimum Gasteiger partial charge on any atom is -0.466 e. The van der Waals surface area contributed by atoms with Crippen molar-refractivity contribution in [2.45, 2.75) is 437 Å². The first-order chi connectivity index (χ1) is 41.5. The molecule has 0 heterocycles. The van der Waals surface area contributed by atoms with Gasteiger partial charge in [0.25, 0.3) is 0 Å². The van der Waals surface area contributed by atoms with Gasteiger partial charge in [-0.2, -0.15) is 0 Å². The maximum Gasteiger partial charge on any atom is 0.305 e. The lowest BCUT2D eigenvalue weighted by Crippen LogP contribution is -2.45. The highest BCUT2D eigenvalue weighted by Gasteiger charge is 2.18. The Kier molecular flexibility index (Phi) is 71.9. The van der Waals surface area contributed by atoms with E-state index in [1.54, 1.807) is 6.08 Å². The minimum atomic E-state index is -0.845. The van der Waals surface area contributed by atoms with E-state index in [-0.39, 0.29) is 18.5 Å². The normalized spacial score (nSPS) is 12.7. The van der Waals surface area contributed by atoms with Gasteiger partial charge in [-0.05, 0) is 64.2 Å². The maximum atomic E-state index is 12.5. The second kappa shape index (κ2) is 73.5. The highest BCUT2D eigenvalue weighted by atomic mass is 16.5. The smallest absolute Gasteiger partial charge is 0.305 e. The average molecular weight is 1180 g/mol. The van der Waals surface area contributed by atoms with Gasteiger partial charge in [-0.3, -0.25) is 9.59 Å². The van der Waals surface area contributed by atoms with E-state index in [1.807, 2.05) is 6.08 Å². The minimum absolute atomic E-state index is 0.0175. The monoisotopic (exact) mass is 1180 g/mol. The van der Waals surface area contributed by atoms with Crippen LogP contribution < -0.4 is 5.32 Å². The molecule has 84 heavy (non-hydrogen) atoms. The lowest BCUT2D eigenvalue weighted by Gasteiger charge is -2.20. The van der Waals surface area contributed by atoms with Crippen molar-refractivity contribution >= 4 is 11.9 Å². The summed E-state index contributed by atoms with van der Waals surface area (Å²) in [5.74, 6) is -0.0461. The van der Waals surface area contributed by atoms with E-state index in [4.69, 9.17) is 4.74 Å². The number of hydrogen-bond acceptors (Lipinski definition) is 5. The van der Waals surface area contributed by atoms with Crippen molar-refractivity contribution in [1.29, 1.82) is 0 Å². The first kappa shape index (κ1) is 82.1. The van der Waals surface area contributed by atoms with Crippen LogP contribution in [0.1, 0.15) is 425 Å². The zero-order valence-electron chi connectivity index (χ0n) is 56.9. The van der Waals surface area contributed by atoms with Gasteiger partial charge in [0.05, 0.1) is 25.4 Å². The fourth-order valence-corrected chi connectivity index (χ4v) is 12.1. The van der Waals surface area contributed by atoms with Crippen LogP contribution in [0.2, 0.25) is 0 Å². The summed E-state index contributed by atoms with van der Waals surface area (Å²) in [6.07, 6.45) is 95.3. The molecule has 0 saturated heterocycles. The summed E-state index contributed by atoms with van der Waals surface area (Å²) in [4.78, 5) is 24.6. The Balaban J connectivity index is 3.40. The standard InChI is InChI=1S/C78H149NO5/c1-3-5-7-9-11-13-15-17-19-21-35-39-42-46-50-54-58-62-66-70-76(81)75(74-80)79-77(82)71-67-63-59-55-51-47-43-40-36-33-31-29-27-25-23-22-24-26-28-30-32-34-37-41-45-49-53-57-61-65-69-73-84-78(83)72-68-64-60-56-52-48-44-38-20-18-16-14-12-10-8-6-4-2/h24,26,30,32,66,70,75-76,80-81H,3-23,25,27-29,31,33-65,67-69,71-74H2,1-2H3,(H,79,82)/b26-24-,32-30-,70-66+. The van der Waals surface area contributed by atoms with Crippen molar-refractivity contribution in [2.75, 3.05) is 13.2 Å². The van der Waals surface area contributed by atoms with Crippen molar-refractivity contribution in [2.24, 2.45) is 0 Å². The molecule has 1 amide bonds. The maximum absolute atomic E-state index is 12.5. The Morgan fingerprint density at radius 3 is 0.905 bits per heavy atom. The van der Waals surface area contributed by atoms with E-state index in [0.717, 1.165) is 44.9 Å². The van der Waals surface area contributed by atoms with Gasteiger partial charge in [0, 0.05) is 12.8 Å². The van der Waals surface area contributed by atoms with Gasteiger partial charge in [-0.15, -0.1) is 0 Å². The SMILES string of the molecule is CCCCCCCCCCCCCCCCCCC/C=C/C(O)C(CO)NC(=O)CCCCCCCCCCCCCCCCC/C=C\C/C=C\CCCCCCCCCCCOC(=O)CCCCCCCCCCCCCCCCCCC. The molecule has 0 aliphatic carbocycles. The first-order valence-corrected chi connectivity index (χ1v) is 38.3. The second-order valence-electron chi connectivity index (χ2n) is 26.3. The molecule has 6 heteroatoms. The van der Waals surface area contributed by atoms with E-state index in [9.17, 15) is 19.8 Å². The topological polar surface area (TPSA) is 95.9 Å². The highest BCUT2D eigenvalue weighted by molar-refractivity contribution is 5.76. The molecule has 2 atom stereocenters. The van der Waals surface area contributed by atoms with Crippen molar-refractivity contribution < 1.29 is 24.5 Å². The van der Waals surface area contributed by atoms with Crippen LogP contribution >= 0.6 is 0 Å². The number of aliphatic hydroxyl groups excluding tert-OH is 2. The predicted molar refractivity (Wildman–Crippen MR) is 370 cm³/mol. The molecule has 0 rings (SSSR count). The van der Waals surface area contributed by atoms with E-state index in [2.05, 4.69) is 43.5 Å². The van der Waals surface area contributed by atoms with E-state index in [1.165, 1.54) is 353 Å². The number of unbranched alkanes of at least 4 members (excludes halogenated alkanes) is 57. The van der Waals surface area contributed by atoms with Gasteiger partial charge in [0.15, 0.2) is 0 Å². The lowest BCUT2D eigenvalue weighted by molar-refractivity contribution is -0.143. The molecule has 3 N–H and O–H groups in total. The molecule has 0 fully saturated rings. The van der Waals surface area contributed by atoms with Crippen LogP contribution in [0.3, 0.4) is 0 Å². The third-order valence-corrected chi connectivity index (χ3v) is 17.9. The number of hydrogen-bond donors (Lipinski definition) is 3.